The molecule has 4 nitrogen and oxygen atoms in total. The van der Waals surface area contributed by atoms with Gasteiger partial charge in [-0.25, -0.2) is 9.07 Å². The molecule has 0 fully saturated rings. The number of hydrogen-bond donors (Lipinski definition) is 1. The van der Waals surface area contributed by atoms with Gasteiger partial charge >= 0.3 is 0 Å². The summed E-state index contributed by atoms with van der Waals surface area (Å²) in [6.07, 6.45) is 3.83. The van der Waals surface area contributed by atoms with Crippen LogP contribution in [0.15, 0.2) is 42.5 Å². The van der Waals surface area contributed by atoms with E-state index in [-0.39, 0.29) is 11.7 Å². The fourth-order valence-corrected chi connectivity index (χ4v) is 3.71. The number of fused-ring (bicyclic) bond motifs is 1. The number of benzene rings is 2. The summed E-state index contributed by atoms with van der Waals surface area (Å²) in [6, 6.07) is 12.2. The van der Waals surface area contributed by atoms with E-state index in [4.69, 9.17) is 0 Å². The number of rotatable bonds is 3. The predicted molar refractivity (Wildman–Crippen MR) is 104 cm³/mol. The molecule has 1 heterocycles. The zero-order valence-corrected chi connectivity index (χ0v) is 15.6. The molecule has 0 saturated carbocycles. The Hall–Kier alpha value is -2.95. The standard InChI is InChI=1S/C22H22FN3O/c1-14-7-12-19(15(2)13-14)24-22(27)21-18-5-3-4-6-20(18)26(25-21)17-10-8-16(23)9-11-17/h7-13H,3-6H2,1-2H3,(H,24,27). The monoisotopic (exact) mass is 363 g/mol. The van der Waals surface area contributed by atoms with Gasteiger partial charge in [-0.05, 0) is 75.4 Å². The van der Waals surface area contributed by atoms with E-state index in [9.17, 15) is 9.18 Å². The van der Waals surface area contributed by atoms with Gasteiger partial charge in [-0.3, -0.25) is 4.79 Å². The summed E-state index contributed by atoms with van der Waals surface area (Å²) in [5, 5.41) is 7.62. The van der Waals surface area contributed by atoms with Crippen molar-refractivity contribution < 1.29 is 9.18 Å². The molecule has 1 N–H and O–H groups in total. The van der Waals surface area contributed by atoms with E-state index in [1.807, 2.05) is 32.0 Å². The number of nitrogens with zero attached hydrogens (tertiary/aromatic N) is 2. The zero-order valence-electron chi connectivity index (χ0n) is 15.6. The number of carbonyl (C=O) groups is 1. The van der Waals surface area contributed by atoms with E-state index in [1.165, 1.54) is 12.1 Å². The molecule has 0 spiro atoms. The fraction of sp³-hybridized carbons (Fsp3) is 0.273. The largest absolute Gasteiger partial charge is 0.320 e. The first-order valence-electron chi connectivity index (χ1n) is 9.28. The minimum absolute atomic E-state index is 0.194. The van der Waals surface area contributed by atoms with Gasteiger partial charge in [-0.15, -0.1) is 0 Å². The van der Waals surface area contributed by atoms with Gasteiger partial charge < -0.3 is 5.32 Å². The highest BCUT2D eigenvalue weighted by atomic mass is 19.1. The second-order valence-corrected chi connectivity index (χ2v) is 7.14. The van der Waals surface area contributed by atoms with Crippen LogP contribution in [0.25, 0.3) is 5.69 Å². The average Bonchev–Trinajstić information content (AvgIpc) is 3.04. The lowest BCUT2D eigenvalue weighted by atomic mass is 9.95. The highest BCUT2D eigenvalue weighted by molar-refractivity contribution is 6.04. The van der Waals surface area contributed by atoms with Crippen molar-refractivity contribution in [2.24, 2.45) is 0 Å². The first-order chi connectivity index (χ1) is 13.0. The molecule has 1 aliphatic carbocycles. The van der Waals surface area contributed by atoms with Gasteiger partial charge in [-0.1, -0.05) is 17.7 Å². The van der Waals surface area contributed by atoms with Crippen LogP contribution in [0, 0.1) is 19.7 Å². The molecule has 1 amide bonds. The highest BCUT2D eigenvalue weighted by Crippen LogP contribution is 2.28. The number of anilines is 1. The van der Waals surface area contributed by atoms with Gasteiger partial charge in [-0.2, -0.15) is 5.10 Å². The lowest BCUT2D eigenvalue weighted by Gasteiger charge is -2.14. The van der Waals surface area contributed by atoms with Gasteiger partial charge in [0.25, 0.3) is 5.91 Å². The van der Waals surface area contributed by atoms with Crippen molar-refractivity contribution in [1.29, 1.82) is 0 Å². The molecule has 0 aliphatic heterocycles. The summed E-state index contributed by atoms with van der Waals surface area (Å²) in [5.74, 6) is -0.478. The predicted octanol–water partition coefficient (Wildman–Crippen LogP) is 4.76. The van der Waals surface area contributed by atoms with Crippen molar-refractivity contribution in [3.63, 3.8) is 0 Å². The van der Waals surface area contributed by atoms with Crippen LogP contribution in [-0.4, -0.2) is 15.7 Å². The van der Waals surface area contributed by atoms with E-state index in [2.05, 4.69) is 10.4 Å². The lowest BCUT2D eigenvalue weighted by Crippen LogP contribution is -2.16. The summed E-state index contributed by atoms with van der Waals surface area (Å²) in [4.78, 5) is 13.0. The van der Waals surface area contributed by atoms with Crippen LogP contribution >= 0.6 is 0 Å². The quantitative estimate of drug-likeness (QED) is 0.729. The van der Waals surface area contributed by atoms with Crippen LogP contribution in [0.3, 0.4) is 0 Å². The Bertz CT molecular complexity index is 1010. The lowest BCUT2D eigenvalue weighted by molar-refractivity contribution is 0.102. The van der Waals surface area contributed by atoms with Crippen molar-refractivity contribution in [2.75, 3.05) is 5.32 Å². The first-order valence-corrected chi connectivity index (χ1v) is 9.28. The molecule has 5 heteroatoms. The third kappa shape index (κ3) is 3.37. The van der Waals surface area contributed by atoms with Crippen molar-refractivity contribution in [2.45, 2.75) is 39.5 Å². The third-order valence-corrected chi connectivity index (χ3v) is 5.10. The Labute approximate surface area is 158 Å². The van der Waals surface area contributed by atoms with Gasteiger partial charge in [0, 0.05) is 16.9 Å². The van der Waals surface area contributed by atoms with E-state index < -0.39 is 0 Å². The number of aryl methyl sites for hydroxylation is 2. The van der Waals surface area contributed by atoms with Gasteiger partial charge in [0.05, 0.1) is 5.69 Å². The van der Waals surface area contributed by atoms with Crippen molar-refractivity contribution in [1.82, 2.24) is 9.78 Å². The molecule has 4 rings (SSSR count). The Morgan fingerprint density at radius 2 is 1.81 bits per heavy atom. The molecule has 1 aliphatic rings. The molecule has 0 atom stereocenters. The number of aromatic nitrogens is 2. The molecule has 0 radical (unpaired) electrons. The molecule has 1 aromatic heterocycles. The number of nitrogens with one attached hydrogen (secondary N) is 1. The summed E-state index contributed by atoms with van der Waals surface area (Å²) in [7, 11) is 0. The maximum Gasteiger partial charge on any atom is 0.276 e. The number of hydrogen-bond acceptors (Lipinski definition) is 2. The minimum Gasteiger partial charge on any atom is -0.320 e. The smallest absolute Gasteiger partial charge is 0.276 e. The van der Waals surface area contributed by atoms with Crippen LogP contribution in [0.5, 0.6) is 0 Å². The van der Waals surface area contributed by atoms with Gasteiger partial charge in [0.1, 0.15) is 5.82 Å². The van der Waals surface area contributed by atoms with Crippen LogP contribution < -0.4 is 5.32 Å². The van der Waals surface area contributed by atoms with Crippen LogP contribution in [0.4, 0.5) is 10.1 Å². The maximum atomic E-state index is 13.3. The minimum atomic E-state index is -0.285. The van der Waals surface area contributed by atoms with Gasteiger partial charge in [0.15, 0.2) is 5.69 Å². The number of carbonyl (C=O) groups excluding carboxylic acids is 1. The van der Waals surface area contributed by atoms with Crippen LogP contribution in [0.2, 0.25) is 0 Å². The normalized spacial score (nSPS) is 13.3. The van der Waals surface area contributed by atoms with Crippen LogP contribution in [0.1, 0.15) is 45.7 Å². The zero-order chi connectivity index (χ0) is 19.0. The second kappa shape index (κ2) is 6.99. The average molecular weight is 363 g/mol. The van der Waals surface area contributed by atoms with Crippen LogP contribution in [-0.2, 0) is 12.8 Å². The van der Waals surface area contributed by atoms with E-state index in [0.29, 0.717) is 5.69 Å². The summed E-state index contributed by atoms with van der Waals surface area (Å²) >= 11 is 0. The van der Waals surface area contributed by atoms with E-state index in [1.54, 1.807) is 16.8 Å². The van der Waals surface area contributed by atoms with E-state index >= 15 is 0 Å². The Kier molecular flexibility index (Phi) is 4.52. The molecule has 0 saturated heterocycles. The molecule has 2 aromatic carbocycles. The highest BCUT2D eigenvalue weighted by Gasteiger charge is 2.25. The first kappa shape index (κ1) is 17.5. The summed E-state index contributed by atoms with van der Waals surface area (Å²) in [6.45, 7) is 4.01. The molecular weight excluding hydrogens is 341 g/mol. The Balaban J connectivity index is 1.72. The summed E-state index contributed by atoms with van der Waals surface area (Å²) < 4.78 is 15.1. The molecule has 0 unspecified atom stereocenters. The topological polar surface area (TPSA) is 46.9 Å². The molecular formula is C22H22FN3O. The summed E-state index contributed by atoms with van der Waals surface area (Å²) in [5.41, 5.74) is 6.28. The maximum absolute atomic E-state index is 13.3. The van der Waals surface area contributed by atoms with Gasteiger partial charge in [0.2, 0.25) is 0 Å². The fourth-order valence-electron chi connectivity index (χ4n) is 3.71. The molecule has 0 bridgehead atoms. The Morgan fingerprint density at radius 3 is 2.56 bits per heavy atom. The van der Waals surface area contributed by atoms with Crippen molar-refractivity contribution in [3.8, 4) is 5.69 Å². The third-order valence-electron chi connectivity index (χ3n) is 5.10. The molecule has 138 valence electrons. The molecule has 3 aromatic rings. The molecule has 27 heavy (non-hydrogen) atoms. The van der Waals surface area contributed by atoms with Crippen molar-refractivity contribution in [3.05, 3.63) is 76.4 Å². The Morgan fingerprint density at radius 1 is 1.07 bits per heavy atom. The number of amides is 1. The SMILES string of the molecule is Cc1ccc(NC(=O)c2nn(-c3ccc(F)cc3)c3c2CCCC3)c(C)c1. The van der Waals surface area contributed by atoms with E-state index in [0.717, 1.165) is 59.4 Å². The second-order valence-electron chi connectivity index (χ2n) is 7.14. The number of halogens is 1. The van der Waals surface area contributed by atoms with Crippen molar-refractivity contribution >= 4 is 11.6 Å².